The lowest BCUT2D eigenvalue weighted by atomic mass is 10.0. The Morgan fingerprint density at radius 3 is 2.82 bits per heavy atom. The molecule has 0 aliphatic carbocycles. The smallest absolute Gasteiger partial charge is 0.252 e. The summed E-state index contributed by atoms with van der Waals surface area (Å²) >= 11 is 1.65. The first-order chi connectivity index (χ1) is 10.5. The van der Waals surface area contributed by atoms with Crippen LogP contribution >= 0.6 is 11.3 Å². The van der Waals surface area contributed by atoms with E-state index < -0.39 is 0 Å². The summed E-state index contributed by atoms with van der Waals surface area (Å²) in [4.78, 5) is 14.7. The van der Waals surface area contributed by atoms with Gasteiger partial charge in [-0.3, -0.25) is 9.48 Å². The van der Waals surface area contributed by atoms with Gasteiger partial charge in [-0.15, -0.1) is 11.3 Å². The van der Waals surface area contributed by atoms with Crippen LogP contribution in [0.4, 0.5) is 0 Å². The van der Waals surface area contributed by atoms with E-state index in [0.717, 1.165) is 33.0 Å². The van der Waals surface area contributed by atoms with E-state index >= 15 is 0 Å². The zero-order valence-electron chi connectivity index (χ0n) is 13.3. The van der Waals surface area contributed by atoms with E-state index in [2.05, 4.69) is 10.4 Å². The van der Waals surface area contributed by atoms with Gasteiger partial charge in [-0.05, 0) is 33.3 Å². The van der Waals surface area contributed by atoms with Crippen LogP contribution in [0.2, 0.25) is 0 Å². The van der Waals surface area contributed by atoms with E-state index in [9.17, 15) is 4.79 Å². The van der Waals surface area contributed by atoms with Crippen molar-refractivity contribution in [1.82, 2.24) is 15.1 Å². The molecular formula is C16H21N3O2S. The van der Waals surface area contributed by atoms with Gasteiger partial charge in [-0.1, -0.05) is 0 Å². The van der Waals surface area contributed by atoms with Gasteiger partial charge in [-0.2, -0.15) is 5.10 Å². The summed E-state index contributed by atoms with van der Waals surface area (Å²) in [6.45, 7) is 6.69. The first-order valence-electron chi connectivity index (χ1n) is 7.45. The Balaban J connectivity index is 1.78. The van der Waals surface area contributed by atoms with E-state index in [1.165, 1.54) is 0 Å². The monoisotopic (exact) mass is 319 g/mol. The molecule has 1 aliphatic rings. The van der Waals surface area contributed by atoms with E-state index in [0.29, 0.717) is 6.61 Å². The average molecular weight is 319 g/mol. The van der Waals surface area contributed by atoms with Crippen LogP contribution in [0.25, 0.3) is 0 Å². The largest absolute Gasteiger partial charge is 0.371 e. The van der Waals surface area contributed by atoms with Gasteiger partial charge in [0.1, 0.15) is 6.10 Å². The molecule has 1 aliphatic heterocycles. The Morgan fingerprint density at radius 1 is 1.45 bits per heavy atom. The topological polar surface area (TPSA) is 56.1 Å². The molecule has 0 spiro atoms. The minimum Gasteiger partial charge on any atom is -0.371 e. The minimum atomic E-state index is -0.113. The van der Waals surface area contributed by atoms with Crippen molar-refractivity contribution in [2.45, 2.75) is 39.3 Å². The third-order valence-corrected chi connectivity index (χ3v) is 5.24. The number of thiophene rings is 1. The summed E-state index contributed by atoms with van der Waals surface area (Å²) in [5.41, 5.74) is 2.91. The van der Waals surface area contributed by atoms with Crippen LogP contribution in [-0.2, 0) is 11.8 Å². The quantitative estimate of drug-likeness (QED) is 0.946. The molecule has 118 valence electrons. The van der Waals surface area contributed by atoms with Crippen molar-refractivity contribution in [3.8, 4) is 0 Å². The van der Waals surface area contributed by atoms with Crippen molar-refractivity contribution >= 4 is 17.2 Å². The van der Waals surface area contributed by atoms with E-state index in [4.69, 9.17) is 4.74 Å². The maximum Gasteiger partial charge on any atom is 0.252 e. The second kappa shape index (κ2) is 5.85. The molecule has 1 saturated heterocycles. The summed E-state index contributed by atoms with van der Waals surface area (Å²) in [6, 6.07) is 1.95. The lowest BCUT2D eigenvalue weighted by Crippen LogP contribution is -2.37. The molecule has 0 unspecified atom stereocenters. The fraction of sp³-hybridized carbons (Fsp3) is 0.500. The summed E-state index contributed by atoms with van der Waals surface area (Å²) in [5.74, 6) is -0.0103. The maximum atomic E-state index is 12.5. The van der Waals surface area contributed by atoms with E-state index in [1.54, 1.807) is 11.3 Å². The highest BCUT2D eigenvalue weighted by Gasteiger charge is 2.33. The van der Waals surface area contributed by atoms with E-state index in [1.807, 2.05) is 44.8 Å². The highest BCUT2D eigenvalue weighted by atomic mass is 32.1. The fourth-order valence-corrected chi connectivity index (χ4v) is 3.86. The SMILES string of the molecule is Cc1cc(C(=O)N[C@H]2CCO[C@@H]2c2cnn(C)c2C)c(C)s1. The third kappa shape index (κ3) is 2.68. The minimum absolute atomic E-state index is 0.00462. The molecule has 0 bridgehead atoms. The van der Waals surface area contributed by atoms with Crippen molar-refractivity contribution < 1.29 is 9.53 Å². The van der Waals surface area contributed by atoms with Crippen molar-refractivity contribution in [2.24, 2.45) is 7.05 Å². The van der Waals surface area contributed by atoms with Crippen LogP contribution in [0.1, 0.15) is 43.9 Å². The fourth-order valence-electron chi connectivity index (χ4n) is 2.94. The molecule has 0 aromatic carbocycles. The number of aryl methyl sites for hydroxylation is 3. The van der Waals surface area contributed by atoms with Crippen LogP contribution in [0, 0.1) is 20.8 Å². The van der Waals surface area contributed by atoms with Gasteiger partial charge in [0, 0.05) is 34.7 Å². The number of hydrogen-bond donors (Lipinski definition) is 1. The summed E-state index contributed by atoms with van der Waals surface area (Å²) in [6.07, 6.45) is 2.55. The number of amides is 1. The number of nitrogens with zero attached hydrogens (tertiary/aromatic N) is 2. The number of ether oxygens (including phenoxy) is 1. The number of carbonyl (C=O) groups is 1. The maximum absolute atomic E-state index is 12.5. The van der Waals surface area contributed by atoms with Gasteiger partial charge in [-0.25, -0.2) is 0 Å². The van der Waals surface area contributed by atoms with Crippen molar-refractivity contribution in [3.63, 3.8) is 0 Å². The van der Waals surface area contributed by atoms with Crippen LogP contribution in [0.5, 0.6) is 0 Å². The molecule has 0 radical (unpaired) electrons. The Kier molecular flexibility index (Phi) is 4.06. The standard InChI is InChI=1S/C16H21N3O2S/c1-9-7-12(11(3)22-9)16(20)18-14-5-6-21-15(14)13-8-17-19(4)10(13)2/h7-8,14-15H,5-6H2,1-4H3,(H,18,20)/t14-,15+/m0/s1. The summed E-state index contributed by atoms with van der Waals surface area (Å²) in [5, 5.41) is 7.42. The van der Waals surface area contributed by atoms with Crippen molar-refractivity contribution in [2.75, 3.05) is 6.61 Å². The normalized spacial score (nSPS) is 21.3. The molecule has 3 rings (SSSR count). The molecule has 0 saturated carbocycles. The Labute approximate surface area is 134 Å². The van der Waals surface area contributed by atoms with Gasteiger partial charge in [0.25, 0.3) is 5.91 Å². The predicted molar refractivity (Wildman–Crippen MR) is 86.3 cm³/mol. The number of rotatable bonds is 3. The molecule has 2 atom stereocenters. The van der Waals surface area contributed by atoms with Gasteiger partial charge >= 0.3 is 0 Å². The lowest BCUT2D eigenvalue weighted by molar-refractivity contribution is 0.0819. The zero-order chi connectivity index (χ0) is 15.9. The molecule has 1 amide bonds. The molecule has 22 heavy (non-hydrogen) atoms. The van der Waals surface area contributed by atoms with Gasteiger partial charge < -0.3 is 10.1 Å². The summed E-state index contributed by atoms with van der Waals surface area (Å²) < 4.78 is 7.69. The molecular weight excluding hydrogens is 298 g/mol. The second-order valence-electron chi connectivity index (χ2n) is 5.80. The molecule has 5 nitrogen and oxygen atoms in total. The highest BCUT2D eigenvalue weighted by molar-refractivity contribution is 7.12. The first-order valence-corrected chi connectivity index (χ1v) is 8.27. The van der Waals surface area contributed by atoms with Crippen molar-refractivity contribution in [3.05, 3.63) is 38.8 Å². The predicted octanol–water partition coefficient (Wildman–Crippen LogP) is 2.67. The average Bonchev–Trinajstić information content (AvgIpc) is 3.12. The molecule has 2 aromatic heterocycles. The number of aromatic nitrogens is 2. The Morgan fingerprint density at radius 2 is 2.23 bits per heavy atom. The lowest BCUT2D eigenvalue weighted by Gasteiger charge is -2.19. The molecule has 3 heterocycles. The van der Waals surface area contributed by atoms with Crippen LogP contribution in [0.3, 0.4) is 0 Å². The third-order valence-electron chi connectivity index (χ3n) is 4.27. The Hall–Kier alpha value is -1.66. The summed E-state index contributed by atoms with van der Waals surface area (Å²) in [7, 11) is 1.92. The molecule has 2 aromatic rings. The van der Waals surface area contributed by atoms with Crippen molar-refractivity contribution in [1.29, 1.82) is 0 Å². The highest BCUT2D eigenvalue weighted by Crippen LogP contribution is 2.31. The number of carbonyl (C=O) groups excluding carboxylic acids is 1. The van der Waals surface area contributed by atoms with Crippen LogP contribution in [-0.4, -0.2) is 28.3 Å². The van der Waals surface area contributed by atoms with E-state index in [-0.39, 0.29) is 18.1 Å². The van der Waals surface area contributed by atoms with Gasteiger partial charge in [0.2, 0.25) is 0 Å². The van der Waals surface area contributed by atoms with Gasteiger partial charge in [0.05, 0.1) is 17.8 Å². The first kappa shape index (κ1) is 15.2. The molecule has 6 heteroatoms. The Bertz CT molecular complexity index is 704. The van der Waals surface area contributed by atoms with Crippen LogP contribution in [0.15, 0.2) is 12.3 Å². The zero-order valence-corrected chi connectivity index (χ0v) is 14.2. The number of hydrogen-bond acceptors (Lipinski definition) is 4. The second-order valence-corrected chi connectivity index (χ2v) is 7.26. The number of nitrogens with one attached hydrogen (secondary N) is 1. The van der Waals surface area contributed by atoms with Gasteiger partial charge in [0.15, 0.2) is 0 Å². The molecule has 1 fully saturated rings. The van der Waals surface area contributed by atoms with Crippen LogP contribution < -0.4 is 5.32 Å². The molecule has 1 N–H and O–H groups in total.